The molecule has 8 heteroatoms. The topological polar surface area (TPSA) is 86.4 Å². The summed E-state index contributed by atoms with van der Waals surface area (Å²) >= 11 is 6.13. The van der Waals surface area contributed by atoms with Gasteiger partial charge in [0.15, 0.2) is 11.6 Å². The first-order valence-corrected chi connectivity index (χ1v) is 8.38. The van der Waals surface area contributed by atoms with E-state index in [0.717, 1.165) is 0 Å². The molecule has 0 radical (unpaired) electrons. The highest BCUT2D eigenvalue weighted by Crippen LogP contribution is 2.24. The van der Waals surface area contributed by atoms with Crippen LogP contribution in [-0.2, 0) is 9.63 Å². The van der Waals surface area contributed by atoms with Gasteiger partial charge in [0, 0.05) is 23.1 Å². The maximum absolute atomic E-state index is 13.0. The van der Waals surface area contributed by atoms with E-state index in [2.05, 4.69) is 20.2 Å². The van der Waals surface area contributed by atoms with Crippen molar-refractivity contribution in [3.63, 3.8) is 0 Å². The summed E-state index contributed by atoms with van der Waals surface area (Å²) in [4.78, 5) is 28.5. The lowest BCUT2D eigenvalue weighted by Crippen LogP contribution is -2.11. The first kappa shape index (κ1) is 18.5. The summed E-state index contributed by atoms with van der Waals surface area (Å²) in [7, 11) is 0. The maximum atomic E-state index is 13.0. The van der Waals surface area contributed by atoms with Gasteiger partial charge in [-0.1, -0.05) is 47.1 Å². The van der Waals surface area contributed by atoms with Gasteiger partial charge in [-0.25, -0.2) is 4.79 Å². The van der Waals surface area contributed by atoms with Crippen LogP contribution < -0.4 is 0 Å². The number of hydrogen-bond donors (Lipinski definition) is 0. The number of aromatic nitrogens is 3. The predicted octanol–water partition coefficient (Wildman–Crippen LogP) is 3.36. The summed E-state index contributed by atoms with van der Waals surface area (Å²) < 4.78 is 1.64. The Hall–Kier alpha value is -3.32. The largest absolute Gasteiger partial charge is 0.331 e. The van der Waals surface area contributed by atoms with Crippen molar-refractivity contribution in [3.05, 3.63) is 76.3 Å². The Morgan fingerprint density at radius 1 is 1.15 bits per heavy atom. The Morgan fingerprint density at radius 3 is 2.59 bits per heavy atom. The summed E-state index contributed by atoms with van der Waals surface area (Å²) in [5.74, 6) is 0.0893. The normalized spacial score (nSPS) is 10.9. The van der Waals surface area contributed by atoms with E-state index < -0.39 is 5.97 Å². The molecule has 1 aromatic heterocycles. The van der Waals surface area contributed by atoms with Crippen molar-refractivity contribution < 1.29 is 14.4 Å². The Morgan fingerprint density at radius 2 is 1.89 bits per heavy atom. The molecule has 0 atom stereocenters. The summed E-state index contributed by atoms with van der Waals surface area (Å²) in [6, 6.07) is 13.9. The Balaban J connectivity index is 2.11. The van der Waals surface area contributed by atoms with E-state index in [-0.39, 0.29) is 5.78 Å². The van der Waals surface area contributed by atoms with Gasteiger partial charge in [0.1, 0.15) is 12.0 Å². The van der Waals surface area contributed by atoms with Gasteiger partial charge in [-0.15, -0.1) is 10.2 Å². The van der Waals surface area contributed by atoms with Gasteiger partial charge in [-0.05, 0) is 25.1 Å². The zero-order valence-corrected chi connectivity index (χ0v) is 15.3. The molecule has 7 nitrogen and oxygen atoms in total. The standard InChI is InChI=1S/C19H15ClN4O3/c1-12-22-23-18(11-21-27-13(2)25)24(12)17-9-8-15(20)10-16(17)19(26)14-6-4-3-5-7-14/h3-11H,1-2H3/b21-11+. The first-order valence-electron chi connectivity index (χ1n) is 8.00. The second-order valence-electron chi connectivity index (χ2n) is 5.61. The van der Waals surface area contributed by atoms with Gasteiger partial charge in [0.2, 0.25) is 0 Å². The van der Waals surface area contributed by atoms with Crippen molar-refractivity contribution in [2.75, 3.05) is 0 Å². The number of carbonyl (C=O) groups excluding carboxylic acids is 2. The average molecular weight is 383 g/mol. The van der Waals surface area contributed by atoms with Crippen molar-refractivity contribution in [1.82, 2.24) is 14.8 Å². The summed E-state index contributed by atoms with van der Waals surface area (Å²) in [6.07, 6.45) is 1.26. The number of halogens is 1. The van der Waals surface area contributed by atoms with E-state index in [9.17, 15) is 9.59 Å². The third kappa shape index (κ3) is 4.09. The predicted molar refractivity (Wildman–Crippen MR) is 100 cm³/mol. The van der Waals surface area contributed by atoms with Gasteiger partial charge < -0.3 is 4.84 Å². The van der Waals surface area contributed by atoms with Crippen molar-refractivity contribution in [2.24, 2.45) is 5.16 Å². The second kappa shape index (κ2) is 7.92. The smallest absolute Gasteiger partial charge is 0.318 e. The highest BCUT2D eigenvalue weighted by atomic mass is 35.5. The molecule has 0 aliphatic heterocycles. The minimum atomic E-state index is -0.555. The number of carbonyl (C=O) groups is 2. The summed E-state index contributed by atoms with van der Waals surface area (Å²) in [5.41, 5.74) is 1.46. The fourth-order valence-corrected chi connectivity index (χ4v) is 2.71. The molecule has 0 N–H and O–H groups in total. The molecular formula is C19H15ClN4O3. The molecule has 2 aromatic carbocycles. The van der Waals surface area contributed by atoms with Crippen LogP contribution in [0.2, 0.25) is 5.02 Å². The van der Waals surface area contributed by atoms with Crippen LogP contribution in [0.4, 0.5) is 0 Å². The lowest BCUT2D eigenvalue weighted by Gasteiger charge is -2.12. The molecule has 136 valence electrons. The fraction of sp³-hybridized carbons (Fsp3) is 0.105. The number of aryl methyl sites for hydroxylation is 1. The third-order valence-electron chi connectivity index (χ3n) is 3.68. The van der Waals surface area contributed by atoms with Gasteiger partial charge >= 0.3 is 5.97 Å². The fourth-order valence-electron chi connectivity index (χ4n) is 2.54. The zero-order valence-electron chi connectivity index (χ0n) is 14.6. The van der Waals surface area contributed by atoms with Gasteiger partial charge in [-0.3, -0.25) is 9.36 Å². The van der Waals surface area contributed by atoms with Gasteiger partial charge in [-0.2, -0.15) is 0 Å². The van der Waals surface area contributed by atoms with E-state index in [1.807, 2.05) is 6.07 Å². The highest BCUT2D eigenvalue weighted by Gasteiger charge is 2.19. The molecular weight excluding hydrogens is 368 g/mol. The van der Waals surface area contributed by atoms with E-state index >= 15 is 0 Å². The lowest BCUT2D eigenvalue weighted by molar-refractivity contribution is -0.140. The SMILES string of the molecule is CC(=O)O/N=C/c1nnc(C)n1-c1ccc(Cl)cc1C(=O)c1ccccc1. The summed E-state index contributed by atoms with van der Waals surface area (Å²) in [5, 5.41) is 12.0. The van der Waals surface area contributed by atoms with E-state index in [0.29, 0.717) is 33.5 Å². The van der Waals surface area contributed by atoms with Crippen LogP contribution in [-0.4, -0.2) is 32.7 Å². The van der Waals surface area contributed by atoms with Crippen LogP contribution in [0.15, 0.2) is 53.7 Å². The quantitative estimate of drug-likeness (QED) is 0.292. The molecule has 0 spiro atoms. The first-order chi connectivity index (χ1) is 13.0. The van der Waals surface area contributed by atoms with Crippen LogP contribution >= 0.6 is 11.6 Å². The zero-order chi connectivity index (χ0) is 19.4. The monoisotopic (exact) mass is 382 g/mol. The minimum Gasteiger partial charge on any atom is -0.318 e. The van der Waals surface area contributed by atoms with Crippen molar-refractivity contribution in [2.45, 2.75) is 13.8 Å². The molecule has 0 amide bonds. The Bertz CT molecular complexity index is 1030. The average Bonchev–Trinajstić information content (AvgIpc) is 3.02. The van der Waals surface area contributed by atoms with E-state index in [4.69, 9.17) is 11.6 Å². The van der Waals surface area contributed by atoms with Crippen molar-refractivity contribution >= 4 is 29.6 Å². The number of benzene rings is 2. The number of rotatable bonds is 5. The molecule has 0 saturated carbocycles. The number of oxime groups is 1. The number of nitrogens with zero attached hydrogens (tertiary/aromatic N) is 4. The molecule has 3 aromatic rings. The molecule has 3 rings (SSSR count). The molecule has 27 heavy (non-hydrogen) atoms. The van der Waals surface area contributed by atoms with Crippen LogP contribution in [0.1, 0.15) is 34.5 Å². The molecule has 0 saturated heterocycles. The molecule has 0 aliphatic rings. The molecule has 1 heterocycles. The van der Waals surface area contributed by atoms with Crippen LogP contribution in [0.5, 0.6) is 0 Å². The Kier molecular flexibility index (Phi) is 5.42. The van der Waals surface area contributed by atoms with Crippen LogP contribution in [0.3, 0.4) is 0 Å². The third-order valence-corrected chi connectivity index (χ3v) is 3.91. The Labute approximate surface area is 160 Å². The maximum Gasteiger partial charge on any atom is 0.331 e. The number of hydrogen-bond acceptors (Lipinski definition) is 6. The molecule has 0 fully saturated rings. The lowest BCUT2D eigenvalue weighted by atomic mass is 10.0. The van der Waals surface area contributed by atoms with E-state index in [1.54, 1.807) is 54.0 Å². The molecule has 0 aliphatic carbocycles. The van der Waals surface area contributed by atoms with E-state index in [1.165, 1.54) is 13.1 Å². The van der Waals surface area contributed by atoms with Crippen molar-refractivity contribution in [3.8, 4) is 5.69 Å². The molecule has 0 unspecified atom stereocenters. The highest BCUT2D eigenvalue weighted by molar-refractivity contribution is 6.31. The second-order valence-corrected chi connectivity index (χ2v) is 6.05. The van der Waals surface area contributed by atoms with Crippen LogP contribution in [0, 0.1) is 6.92 Å². The van der Waals surface area contributed by atoms with Crippen molar-refractivity contribution in [1.29, 1.82) is 0 Å². The van der Waals surface area contributed by atoms with Gasteiger partial charge in [0.25, 0.3) is 0 Å². The van der Waals surface area contributed by atoms with Gasteiger partial charge in [0.05, 0.1) is 5.69 Å². The number of ketones is 1. The minimum absolute atomic E-state index is 0.191. The van der Waals surface area contributed by atoms with Crippen LogP contribution in [0.25, 0.3) is 5.69 Å². The summed E-state index contributed by atoms with van der Waals surface area (Å²) in [6.45, 7) is 2.98. The molecule has 0 bridgehead atoms.